The van der Waals surface area contributed by atoms with E-state index in [9.17, 15) is 9.59 Å². The number of rotatable bonds is 4. The number of nitrogens with zero attached hydrogens (tertiary/aromatic N) is 2. The average molecular weight is 339 g/mol. The highest BCUT2D eigenvalue weighted by Crippen LogP contribution is 2.30. The van der Waals surface area contributed by atoms with E-state index in [0.29, 0.717) is 32.3 Å². The van der Waals surface area contributed by atoms with Crippen molar-refractivity contribution in [3.05, 3.63) is 0 Å². The highest BCUT2D eigenvalue weighted by Gasteiger charge is 2.48. The molecule has 0 radical (unpaired) electrons. The van der Waals surface area contributed by atoms with E-state index in [2.05, 4.69) is 29.0 Å². The van der Waals surface area contributed by atoms with Crippen molar-refractivity contribution in [3.8, 4) is 0 Å². The molecule has 0 bridgehead atoms. The quantitative estimate of drug-likeness (QED) is 0.710. The SMILES string of the molecule is CC(C)CC1[C@H](N2CCOCC2)C(=O)NC(=O)[C@H]1N1CCOCC1. The second kappa shape index (κ2) is 7.91. The highest BCUT2D eigenvalue weighted by molar-refractivity contribution is 6.03. The van der Waals surface area contributed by atoms with Gasteiger partial charge in [0.05, 0.1) is 38.5 Å². The molecule has 0 saturated carbocycles. The van der Waals surface area contributed by atoms with Crippen LogP contribution in [0.1, 0.15) is 20.3 Å². The Morgan fingerprint density at radius 1 is 0.917 bits per heavy atom. The van der Waals surface area contributed by atoms with Gasteiger partial charge in [-0.3, -0.25) is 24.7 Å². The van der Waals surface area contributed by atoms with E-state index < -0.39 is 0 Å². The molecule has 3 aliphatic rings. The fourth-order valence-corrected chi connectivity index (χ4v) is 4.22. The molecule has 3 rings (SSSR count). The van der Waals surface area contributed by atoms with Gasteiger partial charge >= 0.3 is 0 Å². The number of nitrogens with one attached hydrogen (secondary N) is 1. The molecule has 24 heavy (non-hydrogen) atoms. The first-order valence-corrected chi connectivity index (χ1v) is 9.06. The van der Waals surface area contributed by atoms with E-state index in [1.807, 2.05) is 0 Å². The maximum atomic E-state index is 12.7. The minimum Gasteiger partial charge on any atom is -0.379 e. The van der Waals surface area contributed by atoms with Gasteiger partial charge < -0.3 is 9.47 Å². The second-order valence-corrected chi connectivity index (χ2v) is 7.33. The number of ether oxygens (including phenoxy) is 2. The van der Waals surface area contributed by atoms with Crippen molar-refractivity contribution in [2.45, 2.75) is 32.4 Å². The van der Waals surface area contributed by atoms with E-state index in [1.54, 1.807) is 0 Å². The van der Waals surface area contributed by atoms with Gasteiger partial charge in [0, 0.05) is 32.1 Å². The van der Waals surface area contributed by atoms with Gasteiger partial charge in [-0.2, -0.15) is 0 Å². The Balaban J connectivity index is 1.86. The largest absolute Gasteiger partial charge is 0.379 e. The molecule has 2 atom stereocenters. The predicted octanol–water partition coefficient (Wildman–Crippen LogP) is -0.293. The average Bonchev–Trinajstić information content (AvgIpc) is 2.56. The van der Waals surface area contributed by atoms with Crippen LogP contribution in [-0.4, -0.2) is 86.3 Å². The van der Waals surface area contributed by atoms with Gasteiger partial charge in [-0.15, -0.1) is 0 Å². The first-order chi connectivity index (χ1) is 11.6. The van der Waals surface area contributed by atoms with E-state index >= 15 is 0 Å². The molecule has 0 aliphatic carbocycles. The monoisotopic (exact) mass is 339 g/mol. The van der Waals surface area contributed by atoms with E-state index in [0.717, 1.165) is 32.6 Å². The van der Waals surface area contributed by atoms with Gasteiger partial charge in [-0.25, -0.2) is 0 Å². The smallest absolute Gasteiger partial charge is 0.244 e. The molecule has 3 aliphatic heterocycles. The highest BCUT2D eigenvalue weighted by atomic mass is 16.5. The molecule has 0 aromatic rings. The molecule has 136 valence electrons. The molecular formula is C17H29N3O4. The summed E-state index contributed by atoms with van der Waals surface area (Å²) in [6.07, 6.45) is 0.864. The fourth-order valence-electron chi connectivity index (χ4n) is 4.22. The van der Waals surface area contributed by atoms with Crippen LogP contribution in [0, 0.1) is 11.8 Å². The standard InChI is InChI=1S/C17H29N3O4/c1-12(2)11-13-14(19-3-7-23-8-4-19)16(21)18-17(22)15(13)20-5-9-24-10-6-20/h12-15H,3-11H2,1-2H3,(H,18,21,22)/t14-,15-/m0/s1. The van der Waals surface area contributed by atoms with E-state index in [4.69, 9.17) is 9.47 Å². The Kier molecular flexibility index (Phi) is 5.86. The van der Waals surface area contributed by atoms with Crippen LogP contribution in [0.15, 0.2) is 0 Å². The molecule has 0 aromatic heterocycles. The van der Waals surface area contributed by atoms with Crippen LogP contribution in [0.25, 0.3) is 0 Å². The van der Waals surface area contributed by atoms with Crippen LogP contribution >= 0.6 is 0 Å². The molecule has 7 heteroatoms. The van der Waals surface area contributed by atoms with E-state index in [1.165, 1.54) is 0 Å². The lowest BCUT2D eigenvalue weighted by molar-refractivity contribution is -0.151. The molecule has 3 heterocycles. The Morgan fingerprint density at radius 3 is 1.71 bits per heavy atom. The lowest BCUT2D eigenvalue weighted by Crippen LogP contribution is -2.68. The zero-order chi connectivity index (χ0) is 17.1. The van der Waals surface area contributed by atoms with Crippen molar-refractivity contribution >= 4 is 11.8 Å². The number of hydrogen-bond donors (Lipinski definition) is 1. The first-order valence-electron chi connectivity index (χ1n) is 9.06. The maximum Gasteiger partial charge on any atom is 0.244 e. The minimum absolute atomic E-state index is 0.0162. The van der Waals surface area contributed by atoms with Crippen LogP contribution in [0.2, 0.25) is 0 Å². The summed E-state index contributed by atoms with van der Waals surface area (Å²) in [5.74, 6) is 0.164. The van der Waals surface area contributed by atoms with Crippen molar-refractivity contribution < 1.29 is 19.1 Å². The lowest BCUT2D eigenvalue weighted by Gasteiger charge is -2.47. The Labute approximate surface area is 143 Å². The molecule has 0 aromatic carbocycles. The number of amides is 2. The molecule has 0 spiro atoms. The third-order valence-corrected chi connectivity index (χ3v) is 5.22. The van der Waals surface area contributed by atoms with Gasteiger partial charge in [0.25, 0.3) is 0 Å². The van der Waals surface area contributed by atoms with Crippen LogP contribution in [0.5, 0.6) is 0 Å². The molecule has 7 nitrogen and oxygen atoms in total. The topological polar surface area (TPSA) is 71.1 Å². The summed E-state index contributed by atoms with van der Waals surface area (Å²) < 4.78 is 10.9. The second-order valence-electron chi connectivity index (χ2n) is 7.33. The number of carbonyl (C=O) groups excluding carboxylic acids is 2. The summed E-state index contributed by atoms with van der Waals surface area (Å²) in [4.78, 5) is 29.7. The normalized spacial score (nSPS) is 31.5. The van der Waals surface area contributed by atoms with E-state index in [-0.39, 0.29) is 29.8 Å². The number of piperidine rings is 1. The third-order valence-electron chi connectivity index (χ3n) is 5.22. The maximum absolute atomic E-state index is 12.7. The first kappa shape index (κ1) is 17.8. The Hall–Kier alpha value is -1.02. The van der Waals surface area contributed by atoms with Crippen molar-refractivity contribution in [2.24, 2.45) is 11.8 Å². The fraction of sp³-hybridized carbons (Fsp3) is 0.882. The molecule has 3 fully saturated rings. The number of carbonyl (C=O) groups is 2. The van der Waals surface area contributed by atoms with Crippen molar-refractivity contribution in [1.82, 2.24) is 15.1 Å². The molecule has 1 N–H and O–H groups in total. The number of hydrogen-bond acceptors (Lipinski definition) is 6. The van der Waals surface area contributed by atoms with Crippen molar-refractivity contribution in [3.63, 3.8) is 0 Å². The summed E-state index contributed by atoms with van der Waals surface area (Å²) >= 11 is 0. The van der Waals surface area contributed by atoms with Gasteiger partial charge in [-0.1, -0.05) is 13.8 Å². The van der Waals surface area contributed by atoms with Crippen molar-refractivity contribution in [1.29, 1.82) is 0 Å². The van der Waals surface area contributed by atoms with Crippen LogP contribution in [0.3, 0.4) is 0 Å². The number of morpholine rings is 2. The predicted molar refractivity (Wildman–Crippen MR) is 88.5 cm³/mol. The van der Waals surface area contributed by atoms with Gasteiger partial charge in [-0.05, 0) is 12.3 Å². The van der Waals surface area contributed by atoms with Gasteiger partial charge in [0.2, 0.25) is 11.8 Å². The molecular weight excluding hydrogens is 310 g/mol. The van der Waals surface area contributed by atoms with Crippen LogP contribution in [-0.2, 0) is 19.1 Å². The minimum atomic E-state index is -0.248. The Morgan fingerprint density at radius 2 is 1.33 bits per heavy atom. The van der Waals surface area contributed by atoms with Crippen LogP contribution < -0.4 is 5.32 Å². The Bertz CT molecular complexity index is 423. The van der Waals surface area contributed by atoms with Gasteiger partial charge in [0.15, 0.2) is 0 Å². The summed E-state index contributed by atoms with van der Waals surface area (Å²) in [7, 11) is 0. The van der Waals surface area contributed by atoms with Crippen molar-refractivity contribution in [2.75, 3.05) is 52.6 Å². The summed E-state index contributed by atoms with van der Waals surface area (Å²) in [6.45, 7) is 9.89. The summed E-state index contributed by atoms with van der Waals surface area (Å²) in [5.41, 5.74) is 0. The number of imide groups is 1. The van der Waals surface area contributed by atoms with Crippen LogP contribution in [0.4, 0.5) is 0 Å². The summed E-state index contributed by atoms with van der Waals surface area (Å²) in [5, 5.41) is 2.63. The zero-order valence-electron chi connectivity index (χ0n) is 14.7. The third kappa shape index (κ3) is 3.79. The zero-order valence-corrected chi connectivity index (χ0v) is 14.7. The van der Waals surface area contributed by atoms with Gasteiger partial charge in [0.1, 0.15) is 0 Å². The molecule has 2 amide bonds. The lowest BCUT2D eigenvalue weighted by atomic mass is 9.79. The molecule has 0 unspecified atom stereocenters. The molecule has 3 saturated heterocycles. The summed E-state index contributed by atoms with van der Waals surface area (Å²) in [6, 6.07) is -0.497.